The predicted molar refractivity (Wildman–Crippen MR) is 360 cm³/mol. The van der Waals surface area contributed by atoms with Crippen molar-refractivity contribution in [3.05, 3.63) is 267 Å². The van der Waals surface area contributed by atoms with Gasteiger partial charge in [0.1, 0.15) is 35.0 Å². The number of hydrogen-bond acceptors (Lipinski definition) is 18. The largest absolute Gasteiger partial charge is 0.497 e. The van der Waals surface area contributed by atoms with Gasteiger partial charge in [-0.3, -0.25) is 14.5 Å². The molecule has 0 radical (unpaired) electrons. The van der Waals surface area contributed by atoms with Gasteiger partial charge < -0.3 is 53.3 Å². The van der Waals surface area contributed by atoms with Crippen LogP contribution in [0.15, 0.2) is 232 Å². The normalized spacial score (nSPS) is 16.4. The zero-order valence-electron chi connectivity index (χ0n) is 51.6. The van der Waals surface area contributed by atoms with Gasteiger partial charge in [-0.15, -0.1) is 23.4 Å². The number of amides is 2. The molecule has 19 nitrogen and oxygen atoms in total. The maximum absolute atomic E-state index is 15.4. The Hall–Kier alpha value is -8.61. The standard InChI is InChI=1S/C71H69Cl2N5O14S2/c1-83-36-38-86-46-89-59-41-52(40-58(73)65(59)90-47-87-39-37-84-2)64(69(82)91-63(49-20-9-4-10-21-49)50-22-11-5-12-23-50)92-77-94-45-56(74-70(94)76-71(53-25-13-6-14-26-53,54-27-15-7-16-28-54)55-29-17-8-18-30-55)42-60(79)75-61-66(80)78-62(51(24-19-35-72)44-93-67(61)78)68(81)88-43-48-31-33-57(85-3)34-32-48/h4-34,40-41,45,61,63-64,67H,35-39,42-44,46-47H2,1-3H3,(H,74,76)(H,75,79)/b24-19-/t61-,64?,67?,94?/m1/s1. The number of nitrogens with zero attached hydrogens (tertiary/aromatic N) is 3. The van der Waals surface area contributed by atoms with Crippen molar-refractivity contribution >= 4 is 74.6 Å². The molecule has 10 rings (SSSR count). The number of carbonyl (C=O) groups is 4. The predicted octanol–water partition coefficient (Wildman–Crippen LogP) is 11.8. The van der Waals surface area contributed by atoms with Crippen LogP contribution in [0.4, 0.5) is 0 Å². The smallest absolute Gasteiger partial charge is 0.355 e. The second kappa shape index (κ2) is 34.0. The Kier molecular flexibility index (Phi) is 24.7. The van der Waals surface area contributed by atoms with Gasteiger partial charge in [-0.25, -0.2) is 19.4 Å². The van der Waals surface area contributed by atoms with Crippen LogP contribution in [0.5, 0.6) is 17.2 Å². The molecule has 3 unspecified atom stereocenters. The number of methoxy groups -OCH3 is 3. The molecule has 0 bridgehead atoms. The summed E-state index contributed by atoms with van der Waals surface area (Å²) in [4.78, 5) is 71.4. The molecule has 3 heterocycles. The first-order chi connectivity index (χ1) is 46.0. The summed E-state index contributed by atoms with van der Waals surface area (Å²) in [6, 6.07) is 57.1. The quantitative estimate of drug-likeness (QED) is 0.00763. The van der Waals surface area contributed by atoms with Gasteiger partial charge in [0.05, 0.1) is 50.7 Å². The summed E-state index contributed by atoms with van der Waals surface area (Å²) in [5.74, 6) is -1.34. The molecule has 7 aromatic rings. The third-order valence-corrected chi connectivity index (χ3v) is 18.1. The molecule has 2 amide bonds. The Morgan fingerprint density at radius 1 is 0.745 bits per heavy atom. The Labute approximate surface area is 562 Å². The highest BCUT2D eigenvalue weighted by Gasteiger charge is 2.54. The third kappa shape index (κ3) is 16.8. The van der Waals surface area contributed by atoms with E-state index in [1.54, 1.807) is 63.2 Å². The number of thioether (sulfide) groups is 1. The molecule has 4 atom stereocenters. The van der Waals surface area contributed by atoms with E-state index in [9.17, 15) is 14.4 Å². The van der Waals surface area contributed by atoms with Gasteiger partial charge in [0, 0.05) is 47.5 Å². The van der Waals surface area contributed by atoms with Crippen molar-refractivity contribution in [3.63, 3.8) is 0 Å². The number of esters is 2. The average molecular weight is 1350 g/mol. The lowest BCUT2D eigenvalue weighted by Crippen LogP contribution is -2.70. The topological polar surface area (TPSA) is 213 Å². The number of amidine groups is 1. The number of nitrogens with one attached hydrogen (secondary N) is 2. The van der Waals surface area contributed by atoms with Crippen LogP contribution in [0, 0.1) is 0 Å². The number of rotatable bonds is 32. The zero-order chi connectivity index (χ0) is 65.7. The summed E-state index contributed by atoms with van der Waals surface area (Å²) in [7, 11) is 3.09. The molecule has 1 fully saturated rings. The monoisotopic (exact) mass is 1350 g/mol. The molecule has 488 valence electrons. The molecule has 1 saturated heterocycles. The highest BCUT2D eigenvalue weighted by molar-refractivity contribution is 8.05. The molecule has 3 aliphatic heterocycles. The highest BCUT2D eigenvalue weighted by Crippen LogP contribution is 2.44. The lowest BCUT2D eigenvalue weighted by molar-refractivity contribution is -0.161. The van der Waals surface area contributed by atoms with Crippen molar-refractivity contribution in [3.8, 4) is 17.2 Å². The second-order valence-corrected chi connectivity index (χ2v) is 24.4. The van der Waals surface area contributed by atoms with Crippen LogP contribution in [0.25, 0.3) is 0 Å². The molecule has 0 saturated carbocycles. The number of ether oxygens (including phenoxy) is 9. The van der Waals surface area contributed by atoms with Crippen LogP contribution < -0.4 is 24.8 Å². The van der Waals surface area contributed by atoms with E-state index in [-0.39, 0.29) is 84.4 Å². The van der Waals surface area contributed by atoms with E-state index < -0.39 is 63.6 Å². The molecule has 0 aromatic heterocycles. The molecule has 2 N–H and O–H groups in total. The van der Waals surface area contributed by atoms with Gasteiger partial charge in [0.25, 0.3) is 5.91 Å². The van der Waals surface area contributed by atoms with Crippen molar-refractivity contribution in [2.75, 3.05) is 73.0 Å². The molecular formula is C71H69Cl2N5O14S2. The van der Waals surface area contributed by atoms with Crippen LogP contribution in [-0.2, 0) is 75.3 Å². The van der Waals surface area contributed by atoms with E-state index in [2.05, 4.69) is 10.6 Å². The Balaban J connectivity index is 1.02. The number of benzene rings is 7. The summed E-state index contributed by atoms with van der Waals surface area (Å²) in [6.45, 7) is 0.459. The van der Waals surface area contributed by atoms with Crippen LogP contribution in [0.2, 0.25) is 5.02 Å². The number of β-lactam (4-membered cyclic amide) rings is 1. The van der Waals surface area contributed by atoms with Crippen molar-refractivity contribution < 1.29 is 66.6 Å². The first-order valence-corrected chi connectivity index (χ1v) is 33.1. The van der Waals surface area contributed by atoms with E-state index in [0.717, 1.165) is 16.7 Å². The number of carbonyl (C=O) groups excluding carboxylic acids is 4. The van der Waals surface area contributed by atoms with Crippen molar-refractivity contribution in [2.24, 2.45) is 9.52 Å². The fourth-order valence-corrected chi connectivity index (χ4v) is 13.5. The van der Waals surface area contributed by atoms with E-state index in [0.29, 0.717) is 47.0 Å². The summed E-state index contributed by atoms with van der Waals surface area (Å²) in [5, 5.41) is 8.05. The SMILES string of the molecule is COCCOCOc1cc(C(ON=S2C=C(CC(=O)N[C@@H]3C(=O)N4C(C(=O)OCc5ccc(OC)cc5)=C(/C=C\CCl)CSC34)N=C2NC(c2ccccc2)(c2ccccc2)c2ccccc2)C(=O)OC(c2ccccc2)c2ccccc2)cc(Cl)c1OCOCCOC. The number of hydrogen-bond donors (Lipinski definition) is 2. The Bertz CT molecular complexity index is 3740. The summed E-state index contributed by atoms with van der Waals surface area (Å²) in [6.07, 6.45) is 0.465. The first kappa shape index (κ1) is 68.3. The van der Waals surface area contributed by atoms with Crippen LogP contribution in [-0.4, -0.2) is 118 Å². The summed E-state index contributed by atoms with van der Waals surface area (Å²) in [5.41, 5.74) is 4.41. The Morgan fingerprint density at radius 3 is 1.88 bits per heavy atom. The van der Waals surface area contributed by atoms with Crippen LogP contribution in [0.3, 0.4) is 0 Å². The second-order valence-electron chi connectivity index (χ2n) is 21.2. The minimum Gasteiger partial charge on any atom is -0.497 e. The summed E-state index contributed by atoms with van der Waals surface area (Å²) >= 11 is 14.6. The minimum absolute atomic E-state index is 0.0165. The van der Waals surface area contributed by atoms with Gasteiger partial charge >= 0.3 is 11.9 Å². The summed E-state index contributed by atoms with van der Waals surface area (Å²) < 4.78 is 56.3. The third-order valence-electron chi connectivity index (χ3n) is 15.1. The number of allylic oxidation sites excluding steroid dienone is 2. The Morgan fingerprint density at radius 2 is 1.32 bits per heavy atom. The molecule has 0 aliphatic carbocycles. The van der Waals surface area contributed by atoms with E-state index >= 15 is 4.79 Å². The van der Waals surface area contributed by atoms with Gasteiger partial charge in [0.15, 0.2) is 36.4 Å². The maximum atomic E-state index is 15.4. The minimum atomic E-state index is -1.67. The van der Waals surface area contributed by atoms with Gasteiger partial charge in [-0.2, -0.15) is 0 Å². The number of fused-ring (bicyclic) bond motifs is 1. The molecule has 94 heavy (non-hydrogen) atoms. The van der Waals surface area contributed by atoms with Crippen molar-refractivity contribution in [1.82, 2.24) is 15.5 Å². The highest BCUT2D eigenvalue weighted by atomic mass is 35.5. The molecule has 3 aliphatic rings. The van der Waals surface area contributed by atoms with Crippen molar-refractivity contribution in [1.29, 1.82) is 0 Å². The van der Waals surface area contributed by atoms with E-state index in [1.807, 2.05) is 152 Å². The fraction of sp³-hybridized carbons (Fsp3) is 0.254. The number of aliphatic imine (C=N–C) groups is 1. The van der Waals surface area contributed by atoms with Crippen LogP contribution in [0.1, 0.15) is 57.6 Å². The first-order valence-electron chi connectivity index (χ1n) is 29.9. The van der Waals surface area contributed by atoms with Crippen LogP contribution >= 0.6 is 35.0 Å². The van der Waals surface area contributed by atoms with Crippen molar-refractivity contribution in [2.45, 2.75) is 42.2 Å². The molecule has 0 spiro atoms. The van der Waals surface area contributed by atoms with E-state index in [4.69, 9.17) is 80.2 Å². The maximum Gasteiger partial charge on any atom is 0.355 e. The molecule has 7 aromatic carbocycles. The van der Waals surface area contributed by atoms with Gasteiger partial charge in [0.2, 0.25) is 12.0 Å². The zero-order valence-corrected chi connectivity index (χ0v) is 54.8. The number of alkyl halides is 1. The molecule has 23 heteroatoms. The van der Waals surface area contributed by atoms with Gasteiger partial charge in [-0.05, 0) is 63.2 Å². The average Bonchev–Trinajstić information content (AvgIpc) is 0.751. The van der Waals surface area contributed by atoms with Gasteiger partial charge in [-0.1, -0.05) is 192 Å². The fourth-order valence-electron chi connectivity index (χ4n) is 10.5. The lowest BCUT2D eigenvalue weighted by Gasteiger charge is -2.49. The van der Waals surface area contributed by atoms with E-state index in [1.165, 1.54) is 28.8 Å². The lowest BCUT2D eigenvalue weighted by atomic mass is 9.77. The number of halogens is 2. The molecular weight excluding hydrogens is 1280 g/mol.